The lowest BCUT2D eigenvalue weighted by atomic mass is 10.2. The Bertz CT molecular complexity index is 945. The van der Waals surface area contributed by atoms with E-state index in [9.17, 15) is 0 Å². The third-order valence-corrected chi connectivity index (χ3v) is 3.51. The molecule has 0 N–H and O–H groups in total. The Morgan fingerprint density at radius 1 is 1.05 bits per heavy atom. The Labute approximate surface area is 128 Å². The number of ether oxygens (including phenoxy) is 1. The van der Waals surface area contributed by atoms with E-state index in [0.717, 1.165) is 10.9 Å². The summed E-state index contributed by atoms with van der Waals surface area (Å²) in [5.41, 5.74) is 1.54. The molecule has 102 valence electrons. The van der Waals surface area contributed by atoms with E-state index in [1.54, 1.807) is 12.4 Å². The predicted molar refractivity (Wildman–Crippen MR) is 82.5 cm³/mol. The first-order valence-corrected chi connectivity index (χ1v) is 7.11. The van der Waals surface area contributed by atoms with Gasteiger partial charge < -0.3 is 4.74 Å². The largest absolute Gasteiger partial charge is 0.435 e. The summed E-state index contributed by atoms with van der Waals surface area (Å²) >= 11 is 3.38. The number of hydrogen-bond acceptors (Lipinski definition) is 4. The van der Waals surface area contributed by atoms with Crippen molar-refractivity contribution >= 4 is 32.5 Å². The zero-order valence-corrected chi connectivity index (χ0v) is 12.4. The first kappa shape index (κ1) is 12.3. The highest BCUT2D eigenvalue weighted by molar-refractivity contribution is 9.10. The van der Waals surface area contributed by atoms with Crippen LogP contribution in [0.1, 0.15) is 0 Å². The highest BCUT2D eigenvalue weighted by Gasteiger charge is 2.11. The van der Waals surface area contributed by atoms with Crippen molar-refractivity contribution in [3.8, 4) is 11.6 Å². The number of imidazole rings is 1. The van der Waals surface area contributed by atoms with Crippen LogP contribution in [0.5, 0.6) is 11.6 Å². The van der Waals surface area contributed by atoms with Crippen LogP contribution in [0.15, 0.2) is 59.7 Å². The highest BCUT2D eigenvalue weighted by Crippen LogP contribution is 2.30. The third kappa shape index (κ3) is 2.13. The summed E-state index contributed by atoms with van der Waals surface area (Å²) in [6.45, 7) is 0. The zero-order chi connectivity index (χ0) is 14.2. The molecular weight excluding hydrogens is 332 g/mol. The fourth-order valence-electron chi connectivity index (χ4n) is 2.21. The molecule has 0 aliphatic heterocycles. The molecule has 3 heterocycles. The van der Waals surface area contributed by atoms with Crippen molar-refractivity contribution in [3.05, 3.63) is 59.7 Å². The standard InChI is InChI=1S/C15H9BrN4O/c16-13-9-20-8-7-18-14(20)15(19-13)21-12-5-1-4-11-10(12)3-2-6-17-11/h1-9H. The third-order valence-electron chi connectivity index (χ3n) is 3.13. The molecule has 0 radical (unpaired) electrons. The minimum absolute atomic E-state index is 0.450. The monoisotopic (exact) mass is 340 g/mol. The minimum atomic E-state index is 0.450. The molecule has 0 fully saturated rings. The van der Waals surface area contributed by atoms with Gasteiger partial charge in [-0.25, -0.2) is 9.97 Å². The van der Waals surface area contributed by atoms with E-state index in [1.165, 1.54) is 0 Å². The molecule has 1 aromatic carbocycles. The number of hydrogen-bond donors (Lipinski definition) is 0. The normalized spacial score (nSPS) is 11.1. The average molecular weight is 341 g/mol. The minimum Gasteiger partial charge on any atom is -0.435 e. The average Bonchev–Trinajstić information content (AvgIpc) is 2.96. The molecule has 0 bridgehead atoms. The first-order valence-electron chi connectivity index (χ1n) is 6.32. The quantitative estimate of drug-likeness (QED) is 0.556. The van der Waals surface area contributed by atoms with Crippen LogP contribution in [-0.4, -0.2) is 19.4 Å². The number of nitrogens with zero attached hydrogens (tertiary/aromatic N) is 4. The summed E-state index contributed by atoms with van der Waals surface area (Å²) in [5, 5.41) is 0.937. The van der Waals surface area contributed by atoms with E-state index < -0.39 is 0 Å². The predicted octanol–water partition coefficient (Wildman–Crippen LogP) is 3.83. The number of benzene rings is 1. The van der Waals surface area contributed by atoms with E-state index in [2.05, 4.69) is 30.9 Å². The van der Waals surface area contributed by atoms with Gasteiger partial charge in [0.2, 0.25) is 5.65 Å². The maximum atomic E-state index is 5.98. The van der Waals surface area contributed by atoms with Crippen LogP contribution < -0.4 is 4.74 Å². The molecule has 6 heteroatoms. The molecule has 4 rings (SSSR count). The highest BCUT2D eigenvalue weighted by atomic mass is 79.9. The number of pyridine rings is 1. The van der Waals surface area contributed by atoms with E-state index in [0.29, 0.717) is 21.9 Å². The Hall–Kier alpha value is -2.47. The van der Waals surface area contributed by atoms with Crippen LogP contribution in [0.25, 0.3) is 16.6 Å². The van der Waals surface area contributed by atoms with Gasteiger partial charge in [0.25, 0.3) is 5.88 Å². The van der Waals surface area contributed by atoms with Crippen LogP contribution in [0.3, 0.4) is 0 Å². The molecule has 0 aliphatic rings. The second-order valence-corrected chi connectivity index (χ2v) is 5.27. The van der Waals surface area contributed by atoms with Gasteiger partial charge in [-0.1, -0.05) is 6.07 Å². The molecule has 0 amide bonds. The Kier molecular flexibility index (Phi) is 2.82. The molecular formula is C15H9BrN4O. The van der Waals surface area contributed by atoms with Crippen molar-refractivity contribution in [2.24, 2.45) is 0 Å². The van der Waals surface area contributed by atoms with Gasteiger partial charge in [-0.3, -0.25) is 9.38 Å². The van der Waals surface area contributed by atoms with Crippen molar-refractivity contribution in [1.82, 2.24) is 19.4 Å². The molecule has 0 saturated heterocycles. The summed E-state index contributed by atoms with van der Waals surface area (Å²) in [6, 6.07) is 9.60. The van der Waals surface area contributed by atoms with Crippen molar-refractivity contribution in [1.29, 1.82) is 0 Å². The summed E-state index contributed by atoms with van der Waals surface area (Å²) in [4.78, 5) is 13.0. The van der Waals surface area contributed by atoms with Crippen molar-refractivity contribution < 1.29 is 4.74 Å². The van der Waals surface area contributed by atoms with Crippen LogP contribution >= 0.6 is 15.9 Å². The lowest BCUT2D eigenvalue weighted by Crippen LogP contribution is -1.95. The fourth-order valence-corrected chi connectivity index (χ4v) is 2.59. The number of fused-ring (bicyclic) bond motifs is 2. The van der Waals surface area contributed by atoms with Crippen molar-refractivity contribution in [2.45, 2.75) is 0 Å². The Morgan fingerprint density at radius 3 is 2.95 bits per heavy atom. The van der Waals surface area contributed by atoms with Crippen LogP contribution in [0.4, 0.5) is 0 Å². The fraction of sp³-hybridized carbons (Fsp3) is 0. The van der Waals surface area contributed by atoms with E-state index in [4.69, 9.17) is 4.74 Å². The van der Waals surface area contributed by atoms with Crippen molar-refractivity contribution in [2.75, 3.05) is 0 Å². The zero-order valence-electron chi connectivity index (χ0n) is 10.8. The smallest absolute Gasteiger partial charge is 0.264 e. The lowest BCUT2D eigenvalue weighted by Gasteiger charge is -2.09. The molecule has 21 heavy (non-hydrogen) atoms. The van der Waals surface area contributed by atoms with Gasteiger partial charge in [-0.05, 0) is 40.2 Å². The molecule has 0 spiro atoms. The second-order valence-electron chi connectivity index (χ2n) is 4.46. The van der Waals surface area contributed by atoms with Crippen molar-refractivity contribution in [3.63, 3.8) is 0 Å². The number of aromatic nitrogens is 4. The van der Waals surface area contributed by atoms with Gasteiger partial charge in [0.15, 0.2) is 0 Å². The van der Waals surface area contributed by atoms with Gasteiger partial charge in [0, 0.05) is 30.2 Å². The summed E-state index contributed by atoms with van der Waals surface area (Å²) in [5.74, 6) is 1.15. The Morgan fingerprint density at radius 2 is 2.00 bits per heavy atom. The maximum Gasteiger partial charge on any atom is 0.264 e. The van der Waals surface area contributed by atoms with Gasteiger partial charge in [0.1, 0.15) is 10.4 Å². The van der Waals surface area contributed by atoms with E-state index >= 15 is 0 Å². The van der Waals surface area contributed by atoms with E-state index in [1.807, 2.05) is 47.1 Å². The molecule has 4 aromatic rings. The molecule has 0 aliphatic carbocycles. The Balaban J connectivity index is 1.89. The van der Waals surface area contributed by atoms with Crippen LogP contribution in [-0.2, 0) is 0 Å². The lowest BCUT2D eigenvalue weighted by molar-refractivity contribution is 0.469. The van der Waals surface area contributed by atoms with Crippen LogP contribution in [0, 0.1) is 0 Å². The molecule has 3 aromatic heterocycles. The van der Waals surface area contributed by atoms with Gasteiger partial charge in [-0.2, -0.15) is 0 Å². The molecule has 5 nitrogen and oxygen atoms in total. The first-order chi connectivity index (χ1) is 10.3. The molecule has 0 saturated carbocycles. The molecule has 0 unspecified atom stereocenters. The molecule has 0 atom stereocenters. The number of rotatable bonds is 2. The second kappa shape index (κ2) is 4.82. The van der Waals surface area contributed by atoms with Gasteiger partial charge >= 0.3 is 0 Å². The summed E-state index contributed by atoms with van der Waals surface area (Å²) < 4.78 is 8.52. The topological polar surface area (TPSA) is 52.3 Å². The number of halogens is 1. The van der Waals surface area contributed by atoms with E-state index in [-0.39, 0.29) is 0 Å². The summed E-state index contributed by atoms with van der Waals surface area (Å²) in [7, 11) is 0. The summed E-state index contributed by atoms with van der Waals surface area (Å²) in [6.07, 6.45) is 7.15. The maximum absolute atomic E-state index is 5.98. The van der Waals surface area contributed by atoms with Gasteiger partial charge in [-0.15, -0.1) is 0 Å². The van der Waals surface area contributed by atoms with Gasteiger partial charge in [0.05, 0.1) is 5.52 Å². The van der Waals surface area contributed by atoms with Crippen LogP contribution in [0.2, 0.25) is 0 Å². The SMILES string of the molecule is Brc1cn2ccnc2c(Oc2cccc3ncccc23)n1.